The molecule has 4 heterocycles. The molecular weight excluding hydrogens is 536 g/mol. The van der Waals surface area contributed by atoms with Gasteiger partial charge in [0.05, 0.1) is 19.3 Å². The van der Waals surface area contributed by atoms with E-state index in [0.717, 1.165) is 11.1 Å². The molecule has 0 N–H and O–H groups in total. The summed E-state index contributed by atoms with van der Waals surface area (Å²) < 4.78 is 25.4. The lowest BCUT2D eigenvalue weighted by Crippen LogP contribution is -2.68. The van der Waals surface area contributed by atoms with E-state index in [-0.39, 0.29) is 61.0 Å². The Hall–Kier alpha value is -4.20. The zero-order valence-corrected chi connectivity index (χ0v) is 22.6. The van der Waals surface area contributed by atoms with Gasteiger partial charge in [0.2, 0.25) is 0 Å². The number of esters is 2. The molecule has 3 saturated heterocycles. The third-order valence-electron chi connectivity index (χ3n) is 10.8. The van der Waals surface area contributed by atoms with E-state index in [1.807, 2.05) is 66.7 Å². The zero-order chi connectivity index (χ0) is 28.3. The van der Waals surface area contributed by atoms with E-state index in [1.165, 1.54) is 0 Å². The second-order valence-electron chi connectivity index (χ2n) is 12.6. The highest BCUT2D eigenvalue weighted by Crippen LogP contribution is 2.71. The molecule has 1 spiro atoms. The minimum absolute atomic E-state index is 0.0530. The van der Waals surface area contributed by atoms with Crippen molar-refractivity contribution in [3.05, 3.63) is 95.0 Å². The molecule has 8 aliphatic rings. The Labute approximate surface area is 241 Å². The second-order valence-corrected chi connectivity index (χ2v) is 12.6. The number of rotatable bonds is 2. The number of hydrogen-bond donors (Lipinski definition) is 0. The van der Waals surface area contributed by atoms with Gasteiger partial charge in [0, 0.05) is 41.6 Å². The zero-order valence-electron chi connectivity index (χ0n) is 22.6. The van der Waals surface area contributed by atoms with Crippen molar-refractivity contribution in [2.75, 3.05) is 0 Å². The maximum absolute atomic E-state index is 14.8. The summed E-state index contributed by atoms with van der Waals surface area (Å²) in [6.45, 7) is 0. The second kappa shape index (κ2) is 8.43. The lowest BCUT2D eigenvalue weighted by Gasteiger charge is -2.63. The quantitative estimate of drug-likeness (QED) is 0.497. The SMILES string of the molecule is O=C1C[C@@H]2C3=C(O[C@@H](c4ccccc4)CC3=O)C3[C@@H](C4C=C5O[C@@H](c6ccccc6)CC(=O)C53[C@H]3CC(=O)O[C@@H]43)[C@@H]2O1. The average Bonchev–Trinajstić information content (AvgIpc) is 3.60. The van der Waals surface area contributed by atoms with Crippen molar-refractivity contribution in [2.24, 2.45) is 35.0 Å². The minimum Gasteiger partial charge on any atom is -0.489 e. The van der Waals surface area contributed by atoms with Crippen molar-refractivity contribution in [3.63, 3.8) is 0 Å². The van der Waals surface area contributed by atoms with Crippen LogP contribution in [0.4, 0.5) is 0 Å². The monoisotopic (exact) mass is 564 g/mol. The summed E-state index contributed by atoms with van der Waals surface area (Å²) >= 11 is 0. The van der Waals surface area contributed by atoms with Crippen LogP contribution < -0.4 is 0 Å². The molecule has 2 aromatic carbocycles. The third kappa shape index (κ3) is 3.02. The molecule has 10 rings (SSSR count). The fourth-order valence-electron chi connectivity index (χ4n) is 9.35. The van der Waals surface area contributed by atoms with Crippen molar-refractivity contribution in [2.45, 2.75) is 50.1 Å². The molecule has 8 nitrogen and oxygen atoms in total. The van der Waals surface area contributed by atoms with E-state index in [4.69, 9.17) is 18.9 Å². The van der Waals surface area contributed by atoms with Crippen LogP contribution in [0.3, 0.4) is 0 Å². The van der Waals surface area contributed by atoms with Crippen molar-refractivity contribution in [3.8, 4) is 0 Å². The number of ketones is 2. The molecule has 8 heteroatoms. The predicted molar refractivity (Wildman–Crippen MR) is 144 cm³/mol. The summed E-state index contributed by atoms with van der Waals surface area (Å²) in [5, 5.41) is 0. The number of carbonyl (C=O) groups excluding carboxylic acids is 4. The van der Waals surface area contributed by atoms with Crippen LogP contribution in [0.15, 0.2) is 83.8 Å². The topological polar surface area (TPSA) is 105 Å². The molecule has 10 atom stereocenters. The highest BCUT2D eigenvalue weighted by molar-refractivity contribution is 6.00. The Bertz CT molecular complexity index is 1630. The van der Waals surface area contributed by atoms with E-state index in [2.05, 4.69) is 0 Å². The smallest absolute Gasteiger partial charge is 0.306 e. The van der Waals surface area contributed by atoms with E-state index >= 15 is 0 Å². The molecule has 2 aromatic rings. The highest BCUT2D eigenvalue weighted by Gasteiger charge is 2.77. The van der Waals surface area contributed by atoms with Gasteiger partial charge in [-0.3, -0.25) is 19.2 Å². The third-order valence-corrected chi connectivity index (χ3v) is 10.8. The number of fused-ring (bicyclic) bond motifs is 2. The Morgan fingerprint density at radius 1 is 0.667 bits per heavy atom. The summed E-state index contributed by atoms with van der Waals surface area (Å²) in [7, 11) is 0. The van der Waals surface area contributed by atoms with Crippen LogP contribution in [0, 0.1) is 35.0 Å². The first-order valence-corrected chi connectivity index (χ1v) is 14.8. The lowest BCUT2D eigenvalue weighted by atomic mass is 9.41. The number of ether oxygens (including phenoxy) is 4. The summed E-state index contributed by atoms with van der Waals surface area (Å²) in [4.78, 5) is 54.4. The molecule has 2 bridgehead atoms. The Kier molecular flexibility index (Phi) is 4.90. The molecular formula is C34H28O8. The molecule has 0 aromatic heterocycles. The first-order valence-electron chi connectivity index (χ1n) is 14.8. The van der Waals surface area contributed by atoms with Crippen molar-refractivity contribution in [1.82, 2.24) is 0 Å². The summed E-state index contributed by atoms with van der Waals surface area (Å²) in [6.07, 6.45) is 0.251. The van der Waals surface area contributed by atoms with Crippen LogP contribution in [0.2, 0.25) is 0 Å². The van der Waals surface area contributed by atoms with Crippen LogP contribution >= 0.6 is 0 Å². The summed E-state index contributed by atoms with van der Waals surface area (Å²) in [5.74, 6) is -2.11. The average molecular weight is 565 g/mol. The van der Waals surface area contributed by atoms with E-state index < -0.39 is 47.6 Å². The fraction of sp³-hybridized carbons (Fsp3) is 0.412. The fourth-order valence-corrected chi connectivity index (χ4v) is 9.35. The van der Waals surface area contributed by atoms with Crippen LogP contribution in [0.1, 0.15) is 49.0 Å². The molecule has 1 saturated carbocycles. The van der Waals surface area contributed by atoms with Gasteiger partial charge in [-0.15, -0.1) is 0 Å². The van der Waals surface area contributed by atoms with E-state index in [9.17, 15) is 19.2 Å². The van der Waals surface area contributed by atoms with Gasteiger partial charge in [0.1, 0.15) is 41.3 Å². The molecule has 0 amide bonds. The van der Waals surface area contributed by atoms with Crippen molar-refractivity contribution >= 4 is 23.5 Å². The van der Waals surface area contributed by atoms with E-state index in [0.29, 0.717) is 17.1 Å². The number of benzene rings is 2. The maximum atomic E-state index is 14.8. The van der Waals surface area contributed by atoms with Gasteiger partial charge >= 0.3 is 11.9 Å². The summed E-state index contributed by atoms with van der Waals surface area (Å²) in [5.41, 5.74) is 0.981. The standard InChI is InChI=1S/C34H28O8/c35-21-14-22(16-7-3-1-4-8-16)40-33-28(21)19-12-26(37)42-32(19)29-18-11-25-34(30(29)33,20-13-27(38)41-31(18)20)24(36)15-23(39-25)17-9-5-2-6-10-17/h1-11,18-20,22-23,29-32H,12-15H2/t18?,19-,20+,22-,23-,29-,30?,31+,32-,34?/m1/s1. The Balaban J connectivity index is 1.25. The number of carbonyl (C=O) groups is 4. The number of hydrogen-bond acceptors (Lipinski definition) is 8. The number of Topliss-reactive ketones (excluding diaryl/α,β-unsaturated/α-hetero) is 2. The maximum Gasteiger partial charge on any atom is 0.306 e. The van der Waals surface area contributed by atoms with E-state index in [1.54, 1.807) is 0 Å². The van der Waals surface area contributed by atoms with Gasteiger partial charge in [0.25, 0.3) is 0 Å². The normalized spacial score (nSPS) is 40.9. The Morgan fingerprint density at radius 3 is 2.02 bits per heavy atom. The molecule has 4 aliphatic heterocycles. The molecule has 42 heavy (non-hydrogen) atoms. The van der Waals surface area contributed by atoms with Crippen LogP contribution in [0.25, 0.3) is 0 Å². The first kappa shape index (κ1) is 24.4. The van der Waals surface area contributed by atoms with Gasteiger partial charge in [-0.25, -0.2) is 0 Å². The van der Waals surface area contributed by atoms with Crippen LogP contribution in [-0.4, -0.2) is 35.7 Å². The van der Waals surface area contributed by atoms with Crippen LogP contribution in [-0.2, 0) is 38.1 Å². The molecule has 0 radical (unpaired) electrons. The van der Waals surface area contributed by atoms with Gasteiger partial charge in [-0.2, -0.15) is 0 Å². The molecule has 212 valence electrons. The summed E-state index contributed by atoms with van der Waals surface area (Å²) in [6, 6.07) is 19.3. The van der Waals surface area contributed by atoms with Gasteiger partial charge in [-0.05, 0) is 17.2 Å². The van der Waals surface area contributed by atoms with Crippen LogP contribution in [0.5, 0.6) is 0 Å². The van der Waals surface area contributed by atoms with Gasteiger partial charge < -0.3 is 18.9 Å². The van der Waals surface area contributed by atoms with Gasteiger partial charge in [-0.1, -0.05) is 60.7 Å². The molecule has 4 fully saturated rings. The minimum atomic E-state index is -1.26. The first-order chi connectivity index (χ1) is 20.4. The highest BCUT2D eigenvalue weighted by atomic mass is 16.6. The predicted octanol–water partition coefficient (Wildman–Crippen LogP) is 4.33. The van der Waals surface area contributed by atoms with Crippen molar-refractivity contribution in [1.29, 1.82) is 0 Å². The largest absolute Gasteiger partial charge is 0.489 e. The molecule has 3 unspecified atom stereocenters. The van der Waals surface area contributed by atoms with Gasteiger partial charge in [0.15, 0.2) is 11.6 Å². The lowest BCUT2D eigenvalue weighted by molar-refractivity contribution is -0.198. The Morgan fingerprint density at radius 2 is 1.31 bits per heavy atom. The molecule has 4 aliphatic carbocycles. The van der Waals surface area contributed by atoms with Crippen molar-refractivity contribution < 1.29 is 38.1 Å². The number of allylic oxidation sites excluding steroid dienone is 2.